The van der Waals surface area contributed by atoms with Gasteiger partial charge in [-0.25, -0.2) is 14.0 Å². The van der Waals surface area contributed by atoms with E-state index in [1.807, 2.05) is 6.08 Å². The summed E-state index contributed by atoms with van der Waals surface area (Å²) in [6.07, 6.45) is 6.70. The number of nitrogens with one attached hydrogen (secondary N) is 1. The number of methoxy groups -OCH3 is 1. The molecule has 1 N–H and O–H groups in total. The third-order valence-corrected chi connectivity index (χ3v) is 5.66. The molecule has 0 spiro atoms. The number of nitrogens with zero attached hydrogens (tertiary/aromatic N) is 2. The number of amides is 2. The summed E-state index contributed by atoms with van der Waals surface area (Å²) in [6, 6.07) is 4.62. The fourth-order valence-electron chi connectivity index (χ4n) is 4.13. The lowest BCUT2D eigenvalue weighted by Gasteiger charge is -2.31. The summed E-state index contributed by atoms with van der Waals surface area (Å²) in [5, 5.41) is 2.71. The topological polar surface area (TPSA) is 97.3 Å². The van der Waals surface area contributed by atoms with Crippen molar-refractivity contribution in [3.8, 4) is 0 Å². The zero-order valence-electron chi connectivity index (χ0n) is 20.5. The van der Waals surface area contributed by atoms with Gasteiger partial charge in [-0.05, 0) is 56.9 Å². The second kappa shape index (κ2) is 11.3. The van der Waals surface area contributed by atoms with Crippen LogP contribution in [0.3, 0.4) is 0 Å². The van der Waals surface area contributed by atoms with Gasteiger partial charge in [-0.1, -0.05) is 24.3 Å². The Balaban J connectivity index is 1.84. The molecule has 3 rings (SSSR count). The number of hydrogen-bond donors (Lipinski definition) is 1. The number of esters is 1. The Morgan fingerprint density at radius 2 is 2.00 bits per heavy atom. The number of hydrogen-bond acceptors (Lipinski definition) is 6. The summed E-state index contributed by atoms with van der Waals surface area (Å²) in [7, 11) is 1.28. The summed E-state index contributed by atoms with van der Waals surface area (Å²) in [6.45, 7) is 5.38. The van der Waals surface area contributed by atoms with E-state index in [0.29, 0.717) is 12.0 Å². The average molecular weight is 486 g/mol. The number of benzene rings is 1. The fraction of sp³-hybridized carbons (Fsp3) is 0.462. The normalized spacial score (nSPS) is 20.3. The summed E-state index contributed by atoms with van der Waals surface area (Å²) >= 11 is 0. The van der Waals surface area contributed by atoms with Gasteiger partial charge in [0.1, 0.15) is 17.5 Å². The van der Waals surface area contributed by atoms with Crippen LogP contribution in [0.4, 0.5) is 9.18 Å². The first-order valence-electron chi connectivity index (χ1n) is 11.6. The van der Waals surface area contributed by atoms with E-state index in [9.17, 15) is 18.8 Å². The van der Waals surface area contributed by atoms with Crippen molar-refractivity contribution in [3.63, 3.8) is 0 Å². The monoisotopic (exact) mass is 485 g/mol. The molecule has 9 heteroatoms. The van der Waals surface area contributed by atoms with Gasteiger partial charge in [-0.2, -0.15) is 0 Å². The molecule has 2 aliphatic rings. The summed E-state index contributed by atoms with van der Waals surface area (Å²) in [5.74, 6) is -1.45. The minimum absolute atomic E-state index is 0.0757. The number of carbonyl (C=O) groups excluding carboxylic acids is 3. The number of carbonyl (C=O) groups is 3. The number of aliphatic imine (C=N–C) groups is 1. The maximum Gasteiger partial charge on any atom is 0.407 e. The van der Waals surface area contributed by atoms with Crippen molar-refractivity contribution in [2.24, 2.45) is 10.9 Å². The van der Waals surface area contributed by atoms with E-state index in [1.165, 1.54) is 18.1 Å². The molecule has 2 amide bonds. The largest absolute Gasteiger partial charge is 0.467 e. The molecule has 1 aromatic carbocycles. The van der Waals surface area contributed by atoms with E-state index in [2.05, 4.69) is 10.3 Å². The zero-order chi connectivity index (χ0) is 25.6. The highest BCUT2D eigenvalue weighted by molar-refractivity contribution is 5.86. The quantitative estimate of drug-likeness (QED) is 0.622. The van der Waals surface area contributed by atoms with E-state index in [4.69, 9.17) is 9.47 Å². The van der Waals surface area contributed by atoms with Crippen LogP contribution in [0.15, 0.2) is 53.2 Å². The first-order chi connectivity index (χ1) is 16.6. The molecule has 0 fully saturated rings. The predicted molar refractivity (Wildman–Crippen MR) is 129 cm³/mol. The molecule has 2 aliphatic heterocycles. The number of allylic oxidation sites excluding steroid dienone is 1. The molecule has 2 bridgehead atoms. The lowest BCUT2D eigenvalue weighted by molar-refractivity contribution is -0.153. The van der Waals surface area contributed by atoms with Crippen molar-refractivity contribution in [1.29, 1.82) is 0 Å². The van der Waals surface area contributed by atoms with Crippen LogP contribution in [0.5, 0.6) is 0 Å². The Kier molecular flexibility index (Phi) is 8.43. The van der Waals surface area contributed by atoms with Crippen molar-refractivity contribution in [1.82, 2.24) is 10.2 Å². The Morgan fingerprint density at radius 3 is 2.69 bits per heavy atom. The van der Waals surface area contributed by atoms with Crippen LogP contribution in [0, 0.1) is 11.7 Å². The van der Waals surface area contributed by atoms with E-state index >= 15 is 0 Å². The maximum atomic E-state index is 14.4. The predicted octanol–water partition coefficient (Wildman–Crippen LogP) is 3.57. The van der Waals surface area contributed by atoms with Gasteiger partial charge in [-0.3, -0.25) is 9.79 Å². The van der Waals surface area contributed by atoms with E-state index < -0.39 is 35.6 Å². The molecule has 2 heterocycles. The van der Waals surface area contributed by atoms with Crippen molar-refractivity contribution in [2.75, 3.05) is 13.7 Å². The average Bonchev–Trinajstić information content (AvgIpc) is 3.11. The van der Waals surface area contributed by atoms with Gasteiger partial charge in [0.2, 0.25) is 5.91 Å². The lowest BCUT2D eigenvalue weighted by atomic mass is 9.99. The van der Waals surface area contributed by atoms with Crippen LogP contribution >= 0.6 is 0 Å². The molecule has 0 aliphatic carbocycles. The van der Waals surface area contributed by atoms with Crippen LogP contribution in [0.2, 0.25) is 0 Å². The van der Waals surface area contributed by atoms with Gasteiger partial charge in [0.25, 0.3) is 0 Å². The Hall–Kier alpha value is -3.49. The van der Waals surface area contributed by atoms with Crippen molar-refractivity contribution < 1.29 is 28.2 Å². The molecule has 8 nitrogen and oxygen atoms in total. The van der Waals surface area contributed by atoms with Gasteiger partial charge in [-0.15, -0.1) is 0 Å². The molecule has 0 radical (unpaired) electrons. The van der Waals surface area contributed by atoms with E-state index in [1.54, 1.807) is 57.5 Å². The molecular weight excluding hydrogens is 453 g/mol. The highest BCUT2D eigenvalue weighted by atomic mass is 19.1. The maximum absolute atomic E-state index is 14.4. The van der Waals surface area contributed by atoms with Crippen molar-refractivity contribution >= 4 is 24.2 Å². The van der Waals surface area contributed by atoms with Gasteiger partial charge in [0.15, 0.2) is 0 Å². The van der Waals surface area contributed by atoms with E-state index in [-0.39, 0.29) is 31.2 Å². The highest BCUT2D eigenvalue weighted by Crippen LogP contribution is 2.25. The van der Waals surface area contributed by atoms with Crippen LogP contribution < -0.4 is 5.32 Å². The smallest absolute Gasteiger partial charge is 0.407 e. The van der Waals surface area contributed by atoms with Crippen LogP contribution in [-0.4, -0.2) is 60.4 Å². The second-order valence-electron chi connectivity index (χ2n) is 9.66. The second-order valence-corrected chi connectivity index (χ2v) is 9.66. The third kappa shape index (κ3) is 7.50. The van der Waals surface area contributed by atoms with Gasteiger partial charge in [0.05, 0.1) is 7.11 Å². The number of halogens is 1. The molecule has 0 saturated carbocycles. The number of fused-ring (bicyclic) bond motifs is 1. The lowest BCUT2D eigenvalue weighted by Crippen LogP contribution is -2.49. The van der Waals surface area contributed by atoms with Crippen molar-refractivity contribution in [3.05, 3.63) is 59.6 Å². The standard InChI is InChI=1S/C26H32FN3O5/c1-26(2,3)35-25(33)29-20(13-19-7-5-6-8-21(19)27)14-23(31)30-16-17-9-10-28-15-18(11-17)12-22(30)24(32)34-4/h5-11,15,18,20,22H,12-14,16H2,1-4H3,(H,29,33). The third-order valence-electron chi connectivity index (χ3n) is 5.66. The number of alkyl carbamates (subject to hydrolysis) is 1. The summed E-state index contributed by atoms with van der Waals surface area (Å²) in [4.78, 5) is 44.3. The molecule has 3 atom stereocenters. The first kappa shape index (κ1) is 26.1. The molecule has 188 valence electrons. The zero-order valence-corrected chi connectivity index (χ0v) is 20.5. The SMILES string of the molecule is COC(=O)C1CC2C=NC=CC(=C2)CN1C(=O)CC(Cc1ccccc1F)NC(=O)OC(C)(C)C. The fourth-order valence-corrected chi connectivity index (χ4v) is 4.13. The van der Waals surface area contributed by atoms with Crippen LogP contribution in [0.25, 0.3) is 0 Å². The number of rotatable bonds is 6. The first-order valence-corrected chi connectivity index (χ1v) is 11.6. The van der Waals surface area contributed by atoms with Crippen LogP contribution in [0.1, 0.15) is 39.2 Å². The summed E-state index contributed by atoms with van der Waals surface area (Å²) < 4.78 is 24.7. The molecule has 3 unspecified atom stereocenters. The minimum Gasteiger partial charge on any atom is -0.467 e. The molecule has 35 heavy (non-hydrogen) atoms. The van der Waals surface area contributed by atoms with E-state index in [0.717, 1.165) is 5.57 Å². The molecule has 0 saturated heterocycles. The summed E-state index contributed by atoms with van der Waals surface area (Å²) in [5.41, 5.74) is 0.460. The highest BCUT2D eigenvalue weighted by Gasteiger charge is 2.36. The number of ether oxygens (including phenoxy) is 2. The van der Waals surface area contributed by atoms with Gasteiger partial charge in [0, 0.05) is 37.3 Å². The molecule has 0 aromatic heterocycles. The van der Waals surface area contributed by atoms with Crippen molar-refractivity contribution in [2.45, 2.75) is 57.7 Å². The van der Waals surface area contributed by atoms with Gasteiger partial charge < -0.3 is 19.7 Å². The molecular formula is C26H32FN3O5. The van der Waals surface area contributed by atoms with Gasteiger partial charge >= 0.3 is 12.1 Å². The Labute approximate surface area is 204 Å². The minimum atomic E-state index is -0.820. The van der Waals surface area contributed by atoms with Crippen LogP contribution in [-0.2, 0) is 25.5 Å². The molecule has 1 aromatic rings. The Morgan fingerprint density at radius 1 is 1.26 bits per heavy atom. The Bertz CT molecular complexity index is 1040.